The molecule has 0 spiro atoms. The van der Waals surface area contributed by atoms with Crippen molar-refractivity contribution in [2.24, 2.45) is 17.6 Å². The highest BCUT2D eigenvalue weighted by atomic mass is 16.2. The Balaban J connectivity index is 1.91. The molecule has 3 nitrogen and oxygen atoms in total. The zero-order chi connectivity index (χ0) is 11.8. The van der Waals surface area contributed by atoms with Crippen molar-refractivity contribution in [3.05, 3.63) is 0 Å². The van der Waals surface area contributed by atoms with Crippen LogP contribution in [0.25, 0.3) is 0 Å². The van der Waals surface area contributed by atoms with E-state index in [1.807, 2.05) is 0 Å². The first-order chi connectivity index (χ1) is 7.51. The van der Waals surface area contributed by atoms with E-state index in [-0.39, 0.29) is 5.91 Å². The number of rotatable bonds is 3. The van der Waals surface area contributed by atoms with Crippen molar-refractivity contribution in [2.45, 2.75) is 64.0 Å². The summed E-state index contributed by atoms with van der Waals surface area (Å²) in [6.45, 7) is 4.30. The van der Waals surface area contributed by atoms with Gasteiger partial charge in [0.25, 0.3) is 0 Å². The first-order valence-corrected chi connectivity index (χ1v) is 6.61. The number of hydrogen-bond acceptors (Lipinski definition) is 2. The largest absolute Gasteiger partial charge is 0.352 e. The highest BCUT2D eigenvalue weighted by Gasteiger charge is 2.39. The second kappa shape index (κ2) is 4.36. The van der Waals surface area contributed by atoms with Crippen molar-refractivity contribution in [2.75, 3.05) is 0 Å². The fourth-order valence-corrected chi connectivity index (χ4v) is 2.86. The lowest BCUT2D eigenvalue weighted by Crippen LogP contribution is -2.58. The number of carbonyl (C=O) groups is 1. The molecule has 0 aromatic carbocycles. The van der Waals surface area contributed by atoms with Gasteiger partial charge >= 0.3 is 0 Å². The second-order valence-corrected chi connectivity index (χ2v) is 5.96. The van der Waals surface area contributed by atoms with E-state index in [0.717, 1.165) is 19.3 Å². The normalized spacial score (nSPS) is 36.8. The van der Waals surface area contributed by atoms with Crippen LogP contribution < -0.4 is 11.1 Å². The molecule has 0 aromatic heterocycles. The summed E-state index contributed by atoms with van der Waals surface area (Å²) in [4.78, 5) is 12.2. The highest BCUT2D eigenvalue weighted by Crippen LogP contribution is 2.34. The molecular formula is C13H24N2O. The predicted octanol–water partition coefficient (Wildman–Crippen LogP) is 1.81. The molecule has 92 valence electrons. The van der Waals surface area contributed by atoms with Crippen LogP contribution in [0.3, 0.4) is 0 Å². The molecule has 0 saturated heterocycles. The van der Waals surface area contributed by atoms with Gasteiger partial charge < -0.3 is 11.1 Å². The minimum absolute atomic E-state index is 0.0819. The van der Waals surface area contributed by atoms with Gasteiger partial charge in [-0.2, -0.15) is 0 Å². The summed E-state index contributed by atoms with van der Waals surface area (Å²) in [7, 11) is 0. The van der Waals surface area contributed by atoms with Crippen LogP contribution in [0.5, 0.6) is 0 Å². The average Bonchev–Trinajstić information content (AvgIpc) is 2.99. The zero-order valence-electron chi connectivity index (χ0n) is 10.5. The molecule has 0 heterocycles. The average molecular weight is 224 g/mol. The predicted molar refractivity (Wildman–Crippen MR) is 64.9 cm³/mol. The molecule has 3 N–H and O–H groups in total. The van der Waals surface area contributed by atoms with E-state index in [0.29, 0.717) is 17.9 Å². The first kappa shape index (κ1) is 11.9. The Morgan fingerprint density at radius 1 is 1.44 bits per heavy atom. The lowest BCUT2D eigenvalue weighted by atomic mass is 9.76. The summed E-state index contributed by atoms with van der Waals surface area (Å²) < 4.78 is 0. The minimum Gasteiger partial charge on any atom is -0.352 e. The van der Waals surface area contributed by atoms with Gasteiger partial charge in [-0.1, -0.05) is 19.8 Å². The molecule has 2 rings (SSSR count). The number of carbonyl (C=O) groups excluding carboxylic acids is 1. The van der Waals surface area contributed by atoms with Gasteiger partial charge in [-0.05, 0) is 44.4 Å². The molecule has 3 unspecified atom stereocenters. The van der Waals surface area contributed by atoms with Crippen molar-refractivity contribution in [3.63, 3.8) is 0 Å². The molecule has 2 saturated carbocycles. The van der Waals surface area contributed by atoms with E-state index in [9.17, 15) is 4.79 Å². The van der Waals surface area contributed by atoms with Crippen LogP contribution in [0.2, 0.25) is 0 Å². The van der Waals surface area contributed by atoms with Crippen molar-refractivity contribution in [1.82, 2.24) is 5.32 Å². The van der Waals surface area contributed by atoms with Gasteiger partial charge in [0.1, 0.15) is 0 Å². The fraction of sp³-hybridized carbons (Fsp3) is 0.923. The molecule has 0 bridgehead atoms. The third kappa shape index (κ3) is 2.57. The van der Waals surface area contributed by atoms with Crippen LogP contribution in [0, 0.1) is 11.8 Å². The van der Waals surface area contributed by atoms with Crippen LogP contribution in [0.4, 0.5) is 0 Å². The molecule has 2 aliphatic rings. The number of nitrogens with two attached hydrogens (primary N) is 1. The SMILES string of the molecule is CC1CCCC(N)(C(=O)NC(C)C2CC2)C1. The molecule has 1 amide bonds. The topological polar surface area (TPSA) is 55.1 Å². The van der Waals surface area contributed by atoms with Crippen molar-refractivity contribution in [1.29, 1.82) is 0 Å². The number of amides is 1. The van der Waals surface area contributed by atoms with E-state index in [1.54, 1.807) is 0 Å². The van der Waals surface area contributed by atoms with Gasteiger partial charge in [-0.15, -0.1) is 0 Å². The Morgan fingerprint density at radius 3 is 2.69 bits per heavy atom. The molecule has 3 atom stereocenters. The lowest BCUT2D eigenvalue weighted by Gasteiger charge is -2.36. The highest BCUT2D eigenvalue weighted by molar-refractivity contribution is 5.86. The van der Waals surface area contributed by atoms with E-state index in [1.165, 1.54) is 19.3 Å². The summed E-state index contributed by atoms with van der Waals surface area (Å²) in [5.41, 5.74) is 5.65. The van der Waals surface area contributed by atoms with Crippen LogP contribution in [-0.4, -0.2) is 17.5 Å². The monoisotopic (exact) mass is 224 g/mol. The third-order valence-electron chi connectivity index (χ3n) is 4.17. The maximum absolute atomic E-state index is 12.2. The lowest BCUT2D eigenvalue weighted by molar-refractivity contribution is -0.128. The van der Waals surface area contributed by atoms with Gasteiger partial charge in [0.2, 0.25) is 5.91 Å². The van der Waals surface area contributed by atoms with Crippen molar-refractivity contribution in [3.8, 4) is 0 Å². The number of nitrogens with one attached hydrogen (secondary N) is 1. The fourth-order valence-electron chi connectivity index (χ4n) is 2.86. The van der Waals surface area contributed by atoms with Crippen LogP contribution in [0.1, 0.15) is 52.4 Å². The van der Waals surface area contributed by atoms with E-state index < -0.39 is 5.54 Å². The van der Waals surface area contributed by atoms with E-state index in [4.69, 9.17) is 5.73 Å². The Bertz CT molecular complexity index is 275. The van der Waals surface area contributed by atoms with E-state index in [2.05, 4.69) is 19.2 Å². The molecule has 0 aliphatic heterocycles. The van der Waals surface area contributed by atoms with Gasteiger partial charge in [0.05, 0.1) is 5.54 Å². The molecule has 2 aliphatic carbocycles. The first-order valence-electron chi connectivity index (χ1n) is 6.61. The summed E-state index contributed by atoms with van der Waals surface area (Å²) >= 11 is 0. The summed E-state index contributed by atoms with van der Waals surface area (Å²) in [6.07, 6.45) is 6.51. The molecule has 16 heavy (non-hydrogen) atoms. The van der Waals surface area contributed by atoms with Gasteiger partial charge in [0.15, 0.2) is 0 Å². The van der Waals surface area contributed by atoms with Crippen LogP contribution >= 0.6 is 0 Å². The standard InChI is InChI=1S/C13H24N2O/c1-9-4-3-7-13(14,8-9)12(16)15-10(2)11-5-6-11/h9-11H,3-8,14H2,1-2H3,(H,15,16). The molecule has 0 radical (unpaired) electrons. The quantitative estimate of drug-likeness (QED) is 0.768. The Hall–Kier alpha value is -0.570. The maximum atomic E-state index is 12.2. The Kier molecular flexibility index (Phi) is 3.24. The number of hydrogen-bond donors (Lipinski definition) is 2. The summed E-state index contributed by atoms with van der Waals surface area (Å²) in [6, 6.07) is 0.310. The Labute approximate surface area is 98.2 Å². The summed E-state index contributed by atoms with van der Waals surface area (Å²) in [5, 5.41) is 3.11. The smallest absolute Gasteiger partial charge is 0.240 e. The van der Waals surface area contributed by atoms with Crippen LogP contribution in [-0.2, 0) is 4.79 Å². The molecule has 3 heteroatoms. The van der Waals surface area contributed by atoms with Crippen LogP contribution in [0.15, 0.2) is 0 Å². The molecular weight excluding hydrogens is 200 g/mol. The van der Waals surface area contributed by atoms with Gasteiger partial charge in [0, 0.05) is 6.04 Å². The van der Waals surface area contributed by atoms with Crippen molar-refractivity contribution < 1.29 is 4.79 Å². The van der Waals surface area contributed by atoms with Gasteiger partial charge in [-0.25, -0.2) is 0 Å². The zero-order valence-corrected chi connectivity index (χ0v) is 10.5. The van der Waals surface area contributed by atoms with Gasteiger partial charge in [-0.3, -0.25) is 4.79 Å². The second-order valence-electron chi connectivity index (χ2n) is 5.96. The third-order valence-corrected chi connectivity index (χ3v) is 4.17. The molecule has 0 aromatic rings. The minimum atomic E-state index is -0.596. The van der Waals surface area contributed by atoms with E-state index >= 15 is 0 Å². The molecule has 2 fully saturated rings. The Morgan fingerprint density at radius 2 is 2.12 bits per heavy atom. The van der Waals surface area contributed by atoms with Crippen molar-refractivity contribution >= 4 is 5.91 Å². The maximum Gasteiger partial charge on any atom is 0.240 e. The summed E-state index contributed by atoms with van der Waals surface area (Å²) in [5.74, 6) is 1.37.